The number of ether oxygens (including phenoxy) is 4. The van der Waals surface area contributed by atoms with Gasteiger partial charge in [0.1, 0.15) is 34.5 Å². The molecule has 1 aliphatic carbocycles. The van der Waals surface area contributed by atoms with Gasteiger partial charge in [0.15, 0.2) is 0 Å². The summed E-state index contributed by atoms with van der Waals surface area (Å²) < 4.78 is 26.7. The van der Waals surface area contributed by atoms with Crippen LogP contribution in [0.5, 0.6) is 34.5 Å². The van der Waals surface area contributed by atoms with Crippen LogP contribution in [-0.2, 0) is 47.3 Å². The Hall–Kier alpha value is -7.62. The van der Waals surface area contributed by atoms with Crippen LogP contribution in [0.25, 0.3) is 0 Å². The molecule has 8 bridgehead atoms. The molecule has 8 aromatic carbocycles. The van der Waals surface area contributed by atoms with Crippen LogP contribution < -0.4 is 18.9 Å². The van der Waals surface area contributed by atoms with E-state index < -0.39 is 0 Å². The van der Waals surface area contributed by atoms with E-state index in [0.717, 1.165) is 138 Å². The van der Waals surface area contributed by atoms with Crippen molar-refractivity contribution in [2.24, 2.45) is 0 Å². The van der Waals surface area contributed by atoms with Crippen molar-refractivity contribution >= 4 is 23.5 Å². The maximum atomic E-state index is 12.9. The molecule has 0 atom stereocenters. The summed E-state index contributed by atoms with van der Waals surface area (Å²) in [4.78, 5) is 2.44. The fraction of sp³-hybridized carbons (Fsp3) is 0.366. The summed E-state index contributed by atoms with van der Waals surface area (Å²) in [5.41, 5.74) is 14.9. The lowest BCUT2D eigenvalue weighted by Crippen LogP contribution is -2.17. The SMILES string of the molecule is CSc1ccc(C#Cc2ccc(OCCCCOc3c4cc(C(C)(C)C)cc3Cc3cc(C(C)(C)C)cc(c3O)Cc3cc(C(C)(C)C)cc(c3OCCCCOc3ccc(C#Cc5ccc(SC)cc5)cc3)Cc3cc(C(C)(C)C)cc(c3O)C4)cc2)cc1. The molecule has 0 amide bonds. The molecule has 0 saturated heterocycles. The highest BCUT2D eigenvalue weighted by molar-refractivity contribution is 7.98. The molecule has 6 nitrogen and oxygen atoms in total. The topological polar surface area (TPSA) is 77.4 Å². The van der Waals surface area contributed by atoms with Crippen molar-refractivity contribution in [2.45, 2.75) is 166 Å². The van der Waals surface area contributed by atoms with Gasteiger partial charge < -0.3 is 29.2 Å². The van der Waals surface area contributed by atoms with E-state index in [4.69, 9.17) is 18.9 Å². The largest absolute Gasteiger partial charge is 0.507 e. The first-order valence-corrected chi connectivity index (χ1v) is 34.3. The standard InChI is InChI=1S/C82H92O6S2/c1-79(2,3)67-47-59-43-63-51-69(81(7,8)9)53-65(77(63)87-41-17-15-39-85-71-31-23-55(24-32-71)19-21-57-27-35-73(89-13)36-28-57)45-61-49-68(80(4,5)6)50-62(76(61)84)46-66-54-70(82(10,11)12)52-64(44-60(48-67)75(59)83)78(66)88-42-18-16-40-86-72-33-25-56(26-34-72)20-22-58-29-37-74(90-14)38-30-58/h23-38,47-54,83-84H,15-18,39-46H2,1-14H3. The summed E-state index contributed by atoms with van der Waals surface area (Å²) in [5, 5.41) is 25.8. The van der Waals surface area contributed by atoms with Crippen molar-refractivity contribution in [1.29, 1.82) is 0 Å². The second kappa shape index (κ2) is 29.1. The number of hydrogen-bond donors (Lipinski definition) is 2. The molecule has 0 unspecified atom stereocenters. The van der Waals surface area contributed by atoms with Crippen LogP contribution >= 0.6 is 23.5 Å². The van der Waals surface area contributed by atoms with Gasteiger partial charge in [0.05, 0.1) is 26.4 Å². The molecule has 0 heterocycles. The quantitative estimate of drug-likeness (QED) is 0.0563. The second-order valence-corrected chi connectivity index (χ2v) is 29.8. The third-order valence-corrected chi connectivity index (χ3v) is 18.2. The summed E-state index contributed by atoms with van der Waals surface area (Å²) in [6.45, 7) is 28.9. The van der Waals surface area contributed by atoms with Crippen LogP contribution in [-0.4, -0.2) is 49.2 Å². The van der Waals surface area contributed by atoms with Crippen LogP contribution in [0, 0.1) is 23.7 Å². The molecular weight excluding hydrogens is 1150 g/mol. The van der Waals surface area contributed by atoms with Crippen LogP contribution in [0.2, 0.25) is 0 Å². The van der Waals surface area contributed by atoms with Gasteiger partial charge in [0, 0.05) is 57.7 Å². The van der Waals surface area contributed by atoms with E-state index in [-0.39, 0.29) is 33.2 Å². The normalized spacial score (nSPS) is 12.5. The molecule has 90 heavy (non-hydrogen) atoms. The second-order valence-electron chi connectivity index (χ2n) is 28.1. The third kappa shape index (κ3) is 17.9. The summed E-state index contributed by atoms with van der Waals surface area (Å²) in [6.07, 6.45) is 8.99. The Balaban J connectivity index is 1.01. The Bertz CT molecular complexity index is 3550. The lowest BCUT2D eigenvalue weighted by Gasteiger charge is -2.28. The maximum Gasteiger partial charge on any atom is 0.126 e. The lowest BCUT2D eigenvalue weighted by atomic mass is 9.79. The van der Waals surface area contributed by atoms with E-state index in [9.17, 15) is 10.2 Å². The first-order chi connectivity index (χ1) is 42.8. The maximum absolute atomic E-state index is 12.9. The van der Waals surface area contributed by atoms with Crippen molar-refractivity contribution in [1.82, 2.24) is 0 Å². The number of aromatic hydroxyl groups is 2. The zero-order valence-electron chi connectivity index (χ0n) is 55.7. The number of thioether (sulfide) groups is 2. The molecule has 9 rings (SSSR count). The molecule has 1 aliphatic rings. The summed E-state index contributed by atoms with van der Waals surface area (Å²) in [5.74, 6) is 16.9. The number of phenolic OH excluding ortho intramolecular Hbond substituents is 2. The van der Waals surface area contributed by atoms with E-state index in [2.05, 4.69) is 216 Å². The number of fused-ring (bicyclic) bond motifs is 8. The van der Waals surface area contributed by atoms with Gasteiger partial charge >= 0.3 is 0 Å². The molecule has 2 N–H and O–H groups in total. The van der Waals surface area contributed by atoms with Gasteiger partial charge in [-0.1, -0.05) is 155 Å². The molecule has 8 aromatic rings. The van der Waals surface area contributed by atoms with Gasteiger partial charge in [-0.2, -0.15) is 0 Å². The molecule has 8 heteroatoms. The monoisotopic (exact) mass is 1240 g/mol. The Labute approximate surface area is 547 Å². The minimum absolute atomic E-state index is 0.215. The Morgan fingerprint density at radius 3 is 0.778 bits per heavy atom. The van der Waals surface area contributed by atoms with Crippen molar-refractivity contribution in [3.8, 4) is 58.2 Å². The fourth-order valence-corrected chi connectivity index (χ4v) is 11.9. The summed E-state index contributed by atoms with van der Waals surface area (Å²) in [7, 11) is 0. The highest BCUT2D eigenvalue weighted by Gasteiger charge is 2.29. The number of benzene rings is 8. The van der Waals surface area contributed by atoms with E-state index in [1.165, 1.54) is 9.79 Å². The average Bonchev–Trinajstić information content (AvgIpc) is 0.815. The van der Waals surface area contributed by atoms with Crippen molar-refractivity contribution in [2.75, 3.05) is 38.9 Å². The zero-order valence-corrected chi connectivity index (χ0v) is 57.3. The molecular formula is C82H92O6S2. The first kappa shape index (κ1) is 66.8. The van der Waals surface area contributed by atoms with Crippen LogP contribution in [0.1, 0.15) is 198 Å². The number of unbranched alkanes of at least 4 members (excludes halogenated alkanes) is 2. The van der Waals surface area contributed by atoms with E-state index in [1.54, 1.807) is 23.5 Å². The lowest BCUT2D eigenvalue weighted by molar-refractivity contribution is 0.264. The molecule has 0 fully saturated rings. The van der Waals surface area contributed by atoms with Crippen LogP contribution in [0.15, 0.2) is 155 Å². The summed E-state index contributed by atoms with van der Waals surface area (Å²) >= 11 is 3.45. The third-order valence-electron chi connectivity index (χ3n) is 16.7. The number of rotatable bonds is 16. The van der Waals surface area contributed by atoms with Crippen molar-refractivity contribution in [3.05, 3.63) is 235 Å². The van der Waals surface area contributed by atoms with E-state index in [1.807, 2.05) is 48.5 Å². The molecule has 0 radical (unpaired) electrons. The van der Waals surface area contributed by atoms with Crippen LogP contribution in [0.3, 0.4) is 0 Å². The minimum Gasteiger partial charge on any atom is -0.507 e. The van der Waals surface area contributed by atoms with Gasteiger partial charge in [0.2, 0.25) is 0 Å². The predicted molar refractivity (Wildman–Crippen MR) is 377 cm³/mol. The van der Waals surface area contributed by atoms with Gasteiger partial charge in [-0.3, -0.25) is 0 Å². The summed E-state index contributed by atoms with van der Waals surface area (Å²) in [6, 6.07) is 50.6. The molecule has 0 saturated carbocycles. The molecule has 0 spiro atoms. The van der Waals surface area contributed by atoms with Crippen LogP contribution in [0.4, 0.5) is 0 Å². The minimum atomic E-state index is -0.226. The van der Waals surface area contributed by atoms with Gasteiger partial charge in [0.25, 0.3) is 0 Å². The number of hydrogen-bond acceptors (Lipinski definition) is 8. The average molecular weight is 1240 g/mol. The number of phenols is 2. The predicted octanol–water partition coefficient (Wildman–Crippen LogP) is 19.7. The molecule has 0 aliphatic heterocycles. The zero-order chi connectivity index (χ0) is 64.4. The molecule has 0 aromatic heterocycles. The Kier molecular flexibility index (Phi) is 21.6. The van der Waals surface area contributed by atoms with Crippen molar-refractivity contribution < 1.29 is 29.2 Å². The molecule has 468 valence electrons. The van der Waals surface area contributed by atoms with E-state index >= 15 is 0 Å². The first-order valence-electron chi connectivity index (χ1n) is 31.9. The highest BCUT2D eigenvalue weighted by Crippen LogP contribution is 2.44. The fourth-order valence-electron chi connectivity index (χ4n) is 11.1. The smallest absolute Gasteiger partial charge is 0.126 e. The van der Waals surface area contributed by atoms with Crippen molar-refractivity contribution in [3.63, 3.8) is 0 Å². The Morgan fingerprint density at radius 1 is 0.322 bits per heavy atom. The van der Waals surface area contributed by atoms with E-state index in [0.29, 0.717) is 52.1 Å². The van der Waals surface area contributed by atoms with Gasteiger partial charge in [-0.25, -0.2) is 0 Å². The van der Waals surface area contributed by atoms with Gasteiger partial charge in [-0.15, -0.1) is 23.5 Å². The highest BCUT2D eigenvalue weighted by atomic mass is 32.2. The Morgan fingerprint density at radius 2 is 0.544 bits per heavy atom. The van der Waals surface area contributed by atoms with Gasteiger partial charge in [-0.05, 0) is 224 Å².